The van der Waals surface area contributed by atoms with Crippen molar-refractivity contribution < 1.29 is 14.6 Å². The van der Waals surface area contributed by atoms with E-state index in [4.69, 9.17) is 9.47 Å². The molecule has 3 heteroatoms. The SMILES string of the molecule is CCC(CC(CC(C)c1ccccc1)c1ccc(O)cc1)c1ccc(OC(C)OC23CC4CC(CC(C4)C2)C3)cc1. The van der Waals surface area contributed by atoms with Crippen molar-refractivity contribution >= 4 is 0 Å². The third-order valence-electron chi connectivity index (χ3n) is 10.5. The van der Waals surface area contributed by atoms with Crippen molar-refractivity contribution in [1.82, 2.24) is 0 Å². The van der Waals surface area contributed by atoms with Crippen molar-refractivity contribution in [3.8, 4) is 11.5 Å². The van der Waals surface area contributed by atoms with Crippen LogP contribution in [0.1, 0.15) is 113 Å². The number of hydrogen-bond acceptors (Lipinski definition) is 3. The van der Waals surface area contributed by atoms with Crippen LogP contribution in [-0.4, -0.2) is 17.0 Å². The molecule has 0 heterocycles. The Morgan fingerprint density at radius 2 is 1.27 bits per heavy atom. The van der Waals surface area contributed by atoms with Crippen LogP contribution in [0, 0.1) is 17.8 Å². The fraction of sp³-hybridized carbons (Fsp3) is 0.526. The van der Waals surface area contributed by atoms with Crippen LogP contribution in [0.25, 0.3) is 0 Å². The van der Waals surface area contributed by atoms with Gasteiger partial charge in [-0.3, -0.25) is 0 Å². The Balaban J connectivity index is 1.11. The fourth-order valence-electron chi connectivity index (χ4n) is 8.90. The van der Waals surface area contributed by atoms with Gasteiger partial charge in [0.1, 0.15) is 11.5 Å². The van der Waals surface area contributed by atoms with Crippen LogP contribution in [0.15, 0.2) is 78.9 Å². The van der Waals surface area contributed by atoms with Crippen LogP contribution in [-0.2, 0) is 4.74 Å². The molecule has 218 valence electrons. The molecule has 0 aliphatic heterocycles. The summed E-state index contributed by atoms with van der Waals surface area (Å²) in [4.78, 5) is 0. The molecule has 3 nitrogen and oxygen atoms in total. The van der Waals surface area contributed by atoms with Crippen LogP contribution in [0.3, 0.4) is 0 Å². The molecule has 41 heavy (non-hydrogen) atoms. The van der Waals surface area contributed by atoms with Crippen molar-refractivity contribution in [2.75, 3.05) is 0 Å². The van der Waals surface area contributed by atoms with Crippen LogP contribution in [0.4, 0.5) is 0 Å². The number of aromatic hydroxyl groups is 1. The summed E-state index contributed by atoms with van der Waals surface area (Å²) in [5, 5.41) is 9.92. The molecule has 4 aliphatic rings. The van der Waals surface area contributed by atoms with Crippen LogP contribution >= 0.6 is 0 Å². The summed E-state index contributed by atoms with van der Waals surface area (Å²) in [6.45, 7) is 6.71. The second-order valence-corrected chi connectivity index (χ2v) is 13.6. The molecule has 4 saturated carbocycles. The number of hydrogen-bond donors (Lipinski definition) is 1. The third kappa shape index (κ3) is 6.67. The first kappa shape index (κ1) is 28.3. The highest BCUT2D eigenvalue weighted by Gasteiger charge is 2.52. The lowest BCUT2D eigenvalue weighted by atomic mass is 9.54. The van der Waals surface area contributed by atoms with Crippen molar-refractivity contribution in [3.63, 3.8) is 0 Å². The van der Waals surface area contributed by atoms with Gasteiger partial charge in [0, 0.05) is 0 Å². The van der Waals surface area contributed by atoms with Crippen molar-refractivity contribution in [3.05, 3.63) is 95.6 Å². The van der Waals surface area contributed by atoms with Gasteiger partial charge >= 0.3 is 0 Å². The lowest BCUT2D eigenvalue weighted by molar-refractivity contribution is -0.225. The molecule has 0 spiro atoms. The van der Waals surface area contributed by atoms with Gasteiger partial charge in [-0.05, 0) is 141 Å². The predicted octanol–water partition coefficient (Wildman–Crippen LogP) is 9.96. The molecular formula is C38H48O3. The Labute approximate surface area is 247 Å². The van der Waals surface area contributed by atoms with Crippen molar-refractivity contribution in [2.24, 2.45) is 17.8 Å². The van der Waals surface area contributed by atoms with E-state index in [2.05, 4.69) is 87.5 Å². The van der Waals surface area contributed by atoms with Gasteiger partial charge in [-0.1, -0.05) is 68.4 Å². The average molecular weight is 553 g/mol. The molecule has 0 amide bonds. The maximum absolute atomic E-state index is 9.92. The smallest absolute Gasteiger partial charge is 0.197 e. The van der Waals surface area contributed by atoms with Crippen molar-refractivity contribution in [2.45, 2.75) is 108 Å². The second-order valence-electron chi connectivity index (χ2n) is 13.6. The summed E-state index contributed by atoms with van der Waals surface area (Å²) >= 11 is 0. The lowest BCUT2D eigenvalue weighted by Crippen LogP contribution is -2.53. The minimum atomic E-state index is -0.225. The highest BCUT2D eigenvalue weighted by atomic mass is 16.7. The summed E-state index contributed by atoms with van der Waals surface area (Å²) in [6, 6.07) is 27.5. The zero-order valence-corrected chi connectivity index (χ0v) is 25.2. The predicted molar refractivity (Wildman–Crippen MR) is 166 cm³/mol. The number of ether oxygens (including phenoxy) is 2. The first-order valence-electron chi connectivity index (χ1n) is 16.2. The molecule has 0 aromatic heterocycles. The number of rotatable bonds is 12. The minimum Gasteiger partial charge on any atom is -0.508 e. The van der Waals surface area contributed by atoms with E-state index in [-0.39, 0.29) is 11.9 Å². The maximum atomic E-state index is 9.92. The van der Waals surface area contributed by atoms with Gasteiger partial charge in [0.15, 0.2) is 6.29 Å². The van der Waals surface area contributed by atoms with Gasteiger partial charge in [-0.15, -0.1) is 0 Å². The molecule has 4 atom stereocenters. The number of phenolic OH excluding ortho intramolecular Hbond substituents is 1. The molecule has 4 aliphatic carbocycles. The molecule has 3 aromatic rings. The van der Waals surface area contributed by atoms with Gasteiger partial charge in [-0.2, -0.15) is 0 Å². The molecule has 4 bridgehead atoms. The molecule has 0 radical (unpaired) electrons. The van der Waals surface area contributed by atoms with E-state index < -0.39 is 0 Å². The van der Waals surface area contributed by atoms with E-state index in [0.717, 1.165) is 42.8 Å². The number of benzene rings is 3. The Morgan fingerprint density at radius 3 is 1.85 bits per heavy atom. The van der Waals surface area contributed by atoms with Crippen LogP contribution in [0.2, 0.25) is 0 Å². The Bertz CT molecular complexity index is 1210. The molecule has 4 fully saturated rings. The van der Waals surface area contributed by atoms with E-state index in [1.807, 2.05) is 12.1 Å². The highest BCUT2D eigenvalue weighted by Crippen LogP contribution is 2.57. The van der Waals surface area contributed by atoms with E-state index in [1.165, 1.54) is 55.2 Å². The zero-order valence-electron chi connectivity index (χ0n) is 25.2. The second kappa shape index (κ2) is 12.2. The summed E-state index contributed by atoms with van der Waals surface area (Å²) < 4.78 is 13.0. The average Bonchev–Trinajstić information content (AvgIpc) is 2.95. The first-order chi connectivity index (χ1) is 19.9. The Hall–Kier alpha value is -2.78. The molecule has 4 unspecified atom stereocenters. The van der Waals surface area contributed by atoms with Gasteiger partial charge in [0.05, 0.1) is 5.60 Å². The normalized spacial score (nSPS) is 27.7. The fourth-order valence-corrected chi connectivity index (χ4v) is 8.90. The maximum Gasteiger partial charge on any atom is 0.197 e. The molecule has 1 N–H and O–H groups in total. The van der Waals surface area contributed by atoms with Gasteiger partial charge < -0.3 is 14.6 Å². The minimum absolute atomic E-state index is 0.0571. The quantitative estimate of drug-likeness (QED) is 0.227. The van der Waals surface area contributed by atoms with Gasteiger partial charge in [-0.25, -0.2) is 0 Å². The third-order valence-corrected chi connectivity index (χ3v) is 10.5. The first-order valence-corrected chi connectivity index (χ1v) is 16.2. The van der Waals surface area contributed by atoms with E-state index in [1.54, 1.807) is 0 Å². The molecule has 7 rings (SSSR count). The molecule has 0 saturated heterocycles. The largest absolute Gasteiger partial charge is 0.508 e. The van der Waals surface area contributed by atoms with E-state index in [0.29, 0.717) is 23.5 Å². The topological polar surface area (TPSA) is 38.7 Å². The summed E-state index contributed by atoms with van der Waals surface area (Å²) in [6.07, 6.45) is 11.0. The summed E-state index contributed by atoms with van der Waals surface area (Å²) in [7, 11) is 0. The van der Waals surface area contributed by atoms with Gasteiger partial charge in [0.25, 0.3) is 0 Å². The Morgan fingerprint density at radius 1 is 0.707 bits per heavy atom. The van der Waals surface area contributed by atoms with Crippen LogP contribution < -0.4 is 4.74 Å². The zero-order chi connectivity index (χ0) is 28.4. The van der Waals surface area contributed by atoms with Crippen molar-refractivity contribution in [1.29, 1.82) is 0 Å². The standard InChI is InChI=1S/C38H48O3/c1-4-31(22-35(34-10-14-36(39)15-11-34)18-26(2)32-8-6-5-7-9-32)33-12-16-37(17-13-33)40-27(3)41-38-23-28-19-29(24-38)21-30(20-28)25-38/h5-17,26-31,35,39H,4,18-25H2,1-3H3. The summed E-state index contributed by atoms with van der Waals surface area (Å²) in [5.41, 5.74) is 4.11. The highest BCUT2D eigenvalue weighted by molar-refractivity contribution is 5.32. The monoisotopic (exact) mass is 552 g/mol. The molecule has 3 aromatic carbocycles. The van der Waals surface area contributed by atoms with E-state index >= 15 is 0 Å². The van der Waals surface area contributed by atoms with E-state index in [9.17, 15) is 5.11 Å². The summed E-state index contributed by atoms with van der Waals surface area (Å²) in [5.74, 6) is 5.16. The van der Waals surface area contributed by atoms with Gasteiger partial charge in [0.2, 0.25) is 0 Å². The van der Waals surface area contributed by atoms with Crippen LogP contribution in [0.5, 0.6) is 11.5 Å². The molecular weight excluding hydrogens is 504 g/mol. The Kier molecular flexibility index (Phi) is 8.45. The lowest BCUT2D eigenvalue weighted by Gasteiger charge is -2.56. The number of phenols is 1.